The van der Waals surface area contributed by atoms with E-state index in [1.54, 1.807) is 67.1 Å². The number of H-pyrrole nitrogens is 1. The maximum atomic E-state index is 14.9. The Kier molecular flexibility index (Phi) is 24.6. The Morgan fingerprint density at radius 2 is 1.26 bits per heavy atom. The van der Waals surface area contributed by atoms with Gasteiger partial charge in [-0.15, -0.1) is 0 Å². The van der Waals surface area contributed by atoms with E-state index in [1.807, 2.05) is 0 Å². The number of thioether (sulfide) groups is 2. The molecule has 12 N–H and O–H groups in total. The van der Waals surface area contributed by atoms with Crippen LogP contribution in [-0.2, 0) is 77.6 Å². The van der Waals surface area contributed by atoms with Gasteiger partial charge in [-0.05, 0) is 78.2 Å². The molecular weight excluding hydrogens is 1080 g/mol. The fourth-order valence-electron chi connectivity index (χ4n) is 8.02. The van der Waals surface area contributed by atoms with E-state index in [4.69, 9.17) is 16.0 Å². The van der Waals surface area contributed by atoms with E-state index >= 15 is 0 Å². The van der Waals surface area contributed by atoms with Crippen molar-refractivity contribution >= 4 is 104 Å². The number of imide groups is 1. The molecule has 422 valence electrons. The van der Waals surface area contributed by atoms with E-state index < -0.39 is 138 Å². The Bertz CT molecular complexity index is 2890. The van der Waals surface area contributed by atoms with Crippen molar-refractivity contribution in [3.8, 4) is 5.75 Å². The van der Waals surface area contributed by atoms with Gasteiger partial charge in [0.05, 0.1) is 25.4 Å². The third-order valence-electron chi connectivity index (χ3n) is 12.0. The Balaban J connectivity index is 1.66. The van der Waals surface area contributed by atoms with Crippen LogP contribution >= 0.6 is 23.5 Å². The molecule has 0 aliphatic rings. The van der Waals surface area contributed by atoms with Crippen molar-refractivity contribution in [2.45, 2.75) is 87.6 Å². The van der Waals surface area contributed by atoms with Crippen molar-refractivity contribution in [3.63, 3.8) is 0 Å². The first kappa shape index (κ1) is 63.0. The average molecular weight is 1140 g/mol. The summed E-state index contributed by atoms with van der Waals surface area (Å²) in [6, 6.07) is 11.5. The number of primary amides is 1. The van der Waals surface area contributed by atoms with Crippen molar-refractivity contribution in [2.24, 2.45) is 11.5 Å². The minimum absolute atomic E-state index is 0.0162. The number of carboxylic acid groups (broad SMARTS) is 2. The zero-order chi connectivity index (χ0) is 57.7. The molecule has 8 amide bonds. The smallest absolute Gasteiger partial charge is 0.446 e. The van der Waals surface area contributed by atoms with Gasteiger partial charge in [-0.2, -0.15) is 31.9 Å². The lowest BCUT2D eigenvalue weighted by atomic mass is 10.0. The maximum absolute atomic E-state index is 14.9. The van der Waals surface area contributed by atoms with Gasteiger partial charge in [-0.25, -0.2) is 0 Å². The van der Waals surface area contributed by atoms with Crippen LogP contribution in [0.1, 0.15) is 48.8 Å². The lowest BCUT2D eigenvalue weighted by molar-refractivity contribution is -0.153. The topological polar surface area (TPSA) is 397 Å². The molecule has 0 bridgehead atoms. The first-order valence-corrected chi connectivity index (χ1v) is 28.2. The molecule has 4 rings (SSSR count). The second-order valence-electron chi connectivity index (χ2n) is 17.7. The van der Waals surface area contributed by atoms with Gasteiger partial charge in [0.2, 0.25) is 47.3 Å². The molecule has 6 atom stereocenters. The Hall–Kier alpha value is -7.53. The van der Waals surface area contributed by atoms with Gasteiger partial charge in [0, 0.05) is 43.4 Å². The number of nitrogens with one attached hydrogen (secondary N) is 5. The van der Waals surface area contributed by atoms with Gasteiger partial charge < -0.3 is 57.0 Å². The number of carbonyl (C=O) groups excluding carboxylic acids is 8. The minimum Gasteiger partial charge on any atom is -0.481 e. The van der Waals surface area contributed by atoms with Crippen molar-refractivity contribution in [1.82, 2.24) is 36.1 Å². The standard InChI is InChI=1S/C50H63N9O16S3/c1-58(39(45(52)66)24-29-9-5-4-6-10-29)50(71)38(26-44(64)65)57-48(69)37(20-22-77-3)56-49(70)40(25-31-27-53-35-12-8-7-11-33(31)35)59(41(60)17-18-43(62)63)42(61)28-54-47(68)36(19-21-76-2)55-46(67)34(51)23-30-13-15-32(16-14-30)75-78(72,73)74/h4-16,27,34,36-40,53H,17-26,28,51H2,1-3H3,(H2,52,66)(H,54,68)(H,55,67)(H,56,70)(H,57,69)(H,62,63)(H,64,65)(H,72,73,74)/t34-,36-,37-,38-,39-,40-/m0/s1. The van der Waals surface area contributed by atoms with E-state index in [1.165, 1.54) is 61.0 Å². The number of hydrogen-bond acceptors (Lipinski definition) is 16. The first-order chi connectivity index (χ1) is 36.9. The molecule has 0 aliphatic carbocycles. The molecule has 0 aliphatic heterocycles. The molecule has 1 aromatic heterocycles. The highest BCUT2D eigenvalue weighted by Crippen LogP contribution is 2.23. The van der Waals surface area contributed by atoms with Gasteiger partial charge in [0.15, 0.2) is 0 Å². The number of aliphatic carboxylic acids is 2. The number of hydrogen-bond donors (Lipinski definition) is 10. The number of aromatic nitrogens is 1. The molecule has 0 fully saturated rings. The van der Waals surface area contributed by atoms with E-state index in [-0.39, 0.29) is 37.2 Å². The predicted molar refractivity (Wildman–Crippen MR) is 288 cm³/mol. The fraction of sp³-hybridized carbons (Fsp3) is 0.400. The summed E-state index contributed by atoms with van der Waals surface area (Å²) in [5.74, 6) is -10.8. The van der Waals surface area contributed by atoms with Crippen LogP contribution in [0, 0.1) is 0 Å². The zero-order valence-electron chi connectivity index (χ0n) is 42.7. The lowest BCUT2D eigenvalue weighted by Crippen LogP contribution is -2.61. The number of likely N-dealkylation sites (N-methyl/N-ethyl adjacent to an activating group) is 1. The van der Waals surface area contributed by atoms with Crippen molar-refractivity contribution in [2.75, 3.05) is 37.6 Å². The maximum Gasteiger partial charge on any atom is 0.446 e. The number of rotatable bonds is 32. The summed E-state index contributed by atoms with van der Waals surface area (Å²) in [6.45, 7) is -0.982. The number of benzene rings is 3. The normalized spacial score (nSPS) is 13.6. The molecular formula is C50H63N9O16S3. The number of nitrogens with zero attached hydrogens (tertiary/aromatic N) is 2. The summed E-state index contributed by atoms with van der Waals surface area (Å²) >= 11 is 2.57. The summed E-state index contributed by atoms with van der Waals surface area (Å²) < 4.78 is 35.5. The summed E-state index contributed by atoms with van der Waals surface area (Å²) in [4.78, 5) is 140. The number of nitrogens with two attached hydrogens (primary N) is 2. The zero-order valence-corrected chi connectivity index (χ0v) is 45.2. The predicted octanol–water partition coefficient (Wildman–Crippen LogP) is 0.157. The number of carboxylic acids is 2. The van der Waals surface area contributed by atoms with Gasteiger partial charge in [0.1, 0.15) is 36.0 Å². The molecule has 4 aromatic rings. The molecule has 0 saturated heterocycles. The third kappa shape index (κ3) is 19.8. The molecule has 25 nitrogen and oxygen atoms in total. The quantitative estimate of drug-likeness (QED) is 0.0291. The Morgan fingerprint density at radius 3 is 1.85 bits per heavy atom. The second-order valence-corrected chi connectivity index (χ2v) is 20.7. The summed E-state index contributed by atoms with van der Waals surface area (Å²) in [6.07, 6.45) is 1.64. The van der Waals surface area contributed by atoms with Crippen molar-refractivity contribution in [3.05, 3.63) is 102 Å². The molecule has 28 heteroatoms. The SMILES string of the molecule is CSCC[C@H](NC(=O)[C@@H](N)Cc1ccc(OS(=O)(=O)O)cc1)C(=O)NCC(=O)N(C(=O)CCC(=O)O)[C@@H](Cc1c[nH]c2ccccc12)C(=O)N[C@@H](CCSC)C(=O)N[C@@H](CC(=O)O)C(=O)N(C)[C@@H](Cc1ccccc1)C(N)=O. The average Bonchev–Trinajstić information content (AvgIpc) is 3.84. The highest BCUT2D eigenvalue weighted by molar-refractivity contribution is 7.98. The Labute approximate surface area is 457 Å². The van der Waals surface area contributed by atoms with Crippen LogP contribution < -0.4 is 36.9 Å². The fourth-order valence-corrected chi connectivity index (χ4v) is 9.32. The molecule has 0 spiro atoms. The van der Waals surface area contributed by atoms with Crippen LogP contribution in [0.2, 0.25) is 0 Å². The number of para-hydroxylation sites is 1. The Morgan fingerprint density at radius 1 is 0.679 bits per heavy atom. The summed E-state index contributed by atoms with van der Waals surface area (Å²) in [5.41, 5.74) is 13.9. The summed E-state index contributed by atoms with van der Waals surface area (Å²) in [7, 11) is -3.58. The van der Waals surface area contributed by atoms with Gasteiger partial charge >= 0.3 is 22.3 Å². The first-order valence-electron chi connectivity index (χ1n) is 24.0. The van der Waals surface area contributed by atoms with E-state index in [9.17, 15) is 66.6 Å². The molecule has 3 aromatic carbocycles. The van der Waals surface area contributed by atoms with E-state index in [0.29, 0.717) is 38.2 Å². The molecule has 0 radical (unpaired) electrons. The largest absolute Gasteiger partial charge is 0.481 e. The van der Waals surface area contributed by atoms with Gasteiger partial charge in [-0.1, -0.05) is 60.7 Å². The molecule has 78 heavy (non-hydrogen) atoms. The minimum atomic E-state index is -4.80. The van der Waals surface area contributed by atoms with Crippen LogP contribution in [0.15, 0.2) is 85.1 Å². The van der Waals surface area contributed by atoms with E-state index in [0.717, 1.165) is 4.90 Å². The van der Waals surface area contributed by atoms with Crippen LogP contribution in [0.25, 0.3) is 10.9 Å². The summed E-state index contributed by atoms with van der Waals surface area (Å²) in [5, 5.41) is 29.9. The molecule has 0 unspecified atom stereocenters. The second kappa shape index (κ2) is 30.4. The highest BCUT2D eigenvalue weighted by Gasteiger charge is 2.39. The van der Waals surface area contributed by atoms with Gasteiger partial charge in [-0.3, -0.25) is 57.4 Å². The molecule has 1 heterocycles. The van der Waals surface area contributed by atoms with Crippen molar-refractivity contribution < 1.29 is 75.3 Å². The number of carbonyl (C=O) groups is 10. The number of fused-ring (bicyclic) bond motifs is 1. The number of aromatic amines is 1. The molecule has 0 saturated carbocycles. The van der Waals surface area contributed by atoms with Crippen LogP contribution in [-0.4, -0.2) is 171 Å². The monoisotopic (exact) mass is 1140 g/mol. The highest BCUT2D eigenvalue weighted by atomic mass is 32.3. The lowest BCUT2D eigenvalue weighted by Gasteiger charge is -2.32. The number of amides is 8. The van der Waals surface area contributed by atoms with E-state index in [2.05, 4.69) is 30.4 Å². The van der Waals surface area contributed by atoms with Crippen molar-refractivity contribution in [1.29, 1.82) is 0 Å². The third-order valence-corrected chi connectivity index (χ3v) is 13.7. The van der Waals surface area contributed by atoms with Crippen LogP contribution in [0.4, 0.5) is 0 Å². The van der Waals surface area contributed by atoms with Gasteiger partial charge in [0.25, 0.3) is 0 Å². The van der Waals surface area contributed by atoms with Crippen LogP contribution in [0.5, 0.6) is 5.75 Å². The van der Waals surface area contributed by atoms with Crippen LogP contribution in [0.3, 0.4) is 0 Å².